The van der Waals surface area contributed by atoms with Crippen LogP contribution in [-0.2, 0) is 14.6 Å². The summed E-state index contributed by atoms with van der Waals surface area (Å²) < 4.78 is 34.0. The SMILES string of the molecule is CCOc1ccc2c(c1)C=C(C(=O)N[C@@H]1CCS(=O)(=O)C1)CO2. The molecule has 23 heavy (non-hydrogen) atoms. The lowest BCUT2D eigenvalue weighted by Gasteiger charge is -2.19. The van der Waals surface area contributed by atoms with E-state index in [1.165, 1.54) is 0 Å². The van der Waals surface area contributed by atoms with Gasteiger partial charge in [0.2, 0.25) is 0 Å². The summed E-state index contributed by atoms with van der Waals surface area (Å²) in [4.78, 5) is 12.3. The maximum Gasteiger partial charge on any atom is 0.250 e. The molecule has 0 bridgehead atoms. The highest BCUT2D eigenvalue weighted by atomic mass is 32.2. The minimum absolute atomic E-state index is 0.0119. The number of fused-ring (bicyclic) bond motifs is 1. The number of ether oxygens (including phenoxy) is 2. The first-order chi connectivity index (χ1) is 11.0. The number of carbonyl (C=O) groups excluding carboxylic acids is 1. The van der Waals surface area contributed by atoms with Gasteiger partial charge in [-0.05, 0) is 37.6 Å². The number of carbonyl (C=O) groups is 1. The summed E-state index contributed by atoms with van der Waals surface area (Å²) in [6, 6.07) is 5.15. The minimum Gasteiger partial charge on any atom is -0.494 e. The Kier molecular flexibility index (Phi) is 4.30. The largest absolute Gasteiger partial charge is 0.494 e. The van der Waals surface area contributed by atoms with Gasteiger partial charge >= 0.3 is 0 Å². The molecule has 3 rings (SSSR count). The second-order valence-electron chi connectivity index (χ2n) is 5.66. The maximum atomic E-state index is 12.3. The molecule has 0 radical (unpaired) electrons. The summed E-state index contributed by atoms with van der Waals surface area (Å²) in [6.45, 7) is 2.64. The second kappa shape index (κ2) is 6.23. The van der Waals surface area contributed by atoms with Crippen molar-refractivity contribution in [3.8, 4) is 11.5 Å². The minimum atomic E-state index is -3.01. The lowest BCUT2D eigenvalue weighted by atomic mass is 10.1. The van der Waals surface area contributed by atoms with Crippen molar-refractivity contribution in [2.75, 3.05) is 24.7 Å². The first-order valence-corrected chi connectivity index (χ1v) is 9.40. The highest BCUT2D eigenvalue weighted by Crippen LogP contribution is 2.30. The van der Waals surface area contributed by atoms with E-state index in [1.807, 2.05) is 25.1 Å². The average Bonchev–Trinajstić information content (AvgIpc) is 2.85. The van der Waals surface area contributed by atoms with E-state index in [0.717, 1.165) is 11.3 Å². The van der Waals surface area contributed by atoms with Crippen molar-refractivity contribution in [3.63, 3.8) is 0 Å². The summed E-state index contributed by atoms with van der Waals surface area (Å²) in [5.41, 5.74) is 1.27. The molecule has 1 aromatic rings. The fraction of sp³-hybridized carbons (Fsp3) is 0.438. The third kappa shape index (κ3) is 3.67. The molecule has 1 saturated heterocycles. The van der Waals surface area contributed by atoms with Gasteiger partial charge in [0.15, 0.2) is 9.84 Å². The molecule has 2 heterocycles. The van der Waals surface area contributed by atoms with Crippen LogP contribution in [0.2, 0.25) is 0 Å². The molecule has 6 nitrogen and oxygen atoms in total. The molecule has 0 saturated carbocycles. The molecule has 2 aliphatic rings. The van der Waals surface area contributed by atoms with Crippen LogP contribution >= 0.6 is 0 Å². The van der Waals surface area contributed by atoms with Crippen LogP contribution in [0.5, 0.6) is 11.5 Å². The van der Waals surface area contributed by atoms with Crippen molar-refractivity contribution < 1.29 is 22.7 Å². The van der Waals surface area contributed by atoms with Crippen LogP contribution in [0.1, 0.15) is 18.9 Å². The molecule has 1 fully saturated rings. The first kappa shape index (κ1) is 15.9. The Hall–Kier alpha value is -2.02. The van der Waals surface area contributed by atoms with Crippen molar-refractivity contribution in [3.05, 3.63) is 29.3 Å². The van der Waals surface area contributed by atoms with E-state index < -0.39 is 9.84 Å². The molecule has 1 amide bonds. The zero-order chi connectivity index (χ0) is 16.4. The lowest BCUT2D eigenvalue weighted by Crippen LogP contribution is -2.38. The molecule has 0 unspecified atom stereocenters. The van der Waals surface area contributed by atoms with E-state index in [4.69, 9.17) is 9.47 Å². The molecule has 1 aromatic carbocycles. The Morgan fingerprint density at radius 1 is 1.43 bits per heavy atom. The van der Waals surface area contributed by atoms with Crippen molar-refractivity contribution >= 4 is 21.8 Å². The normalized spacial score (nSPS) is 21.8. The van der Waals surface area contributed by atoms with Gasteiger partial charge in [-0.15, -0.1) is 0 Å². The van der Waals surface area contributed by atoms with Crippen molar-refractivity contribution in [1.82, 2.24) is 5.32 Å². The van der Waals surface area contributed by atoms with Crippen molar-refractivity contribution in [1.29, 1.82) is 0 Å². The highest BCUT2D eigenvalue weighted by molar-refractivity contribution is 7.91. The van der Waals surface area contributed by atoms with Gasteiger partial charge in [0, 0.05) is 11.6 Å². The monoisotopic (exact) mass is 337 g/mol. The summed E-state index contributed by atoms with van der Waals surface area (Å²) in [6.07, 6.45) is 2.23. The highest BCUT2D eigenvalue weighted by Gasteiger charge is 2.30. The van der Waals surface area contributed by atoms with Gasteiger partial charge < -0.3 is 14.8 Å². The Bertz CT molecular complexity index is 754. The van der Waals surface area contributed by atoms with Crippen molar-refractivity contribution in [2.45, 2.75) is 19.4 Å². The number of rotatable bonds is 4. The Morgan fingerprint density at radius 3 is 2.96 bits per heavy atom. The fourth-order valence-electron chi connectivity index (χ4n) is 2.73. The molecule has 1 atom stereocenters. The van der Waals surface area contributed by atoms with E-state index in [9.17, 15) is 13.2 Å². The number of amides is 1. The van der Waals surface area contributed by atoms with Gasteiger partial charge in [-0.3, -0.25) is 4.79 Å². The Balaban J connectivity index is 1.73. The van der Waals surface area contributed by atoms with E-state index >= 15 is 0 Å². The number of hydrogen-bond donors (Lipinski definition) is 1. The van der Waals surface area contributed by atoms with E-state index in [2.05, 4.69) is 5.32 Å². The van der Waals surface area contributed by atoms with Crippen LogP contribution < -0.4 is 14.8 Å². The molecular formula is C16H19NO5S. The number of benzene rings is 1. The average molecular weight is 337 g/mol. The topological polar surface area (TPSA) is 81.7 Å². The summed E-state index contributed by atoms with van der Waals surface area (Å²) in [5.74, 6) is 1.29. The van der Waals surface area contributed by atoms with Crippen LogP contribution in [0.3, 0.4) is 0 Å². The van der Waals surface area contributed by atoms with Gasteiger partial charge in [-0.25, -0.2) is 8.42 Å². The number of nitrogens with one attached hydrogen (secondary N) is 1. The smallest absolute Gasteiger partial charge is 0.250 e. The summed E-state index contributed by atoms with van der Waals surface area (Å²) in [7, 11) is -3.01. The fourth-order valence-corrected chi connectivity index (χ4v) is 4.40. The first-order valence-electron chi connectivity index (χ1n) is 7.58. The molecular weight excluding hydrogens is 318 g/mol. The van der Waals surface area contributed by atoms with E-state index in [0.29, 0.717) is 24.4 Å². The Labute approximate surface area is 135 Å². The van der Waals surface area contributed by atoms with Crippen LogP contribution in [0, 0.1) is 0 Å². The van der Waals surface area contributed by atoms with Crippen molar-refractivity contribution in [2.24, 2.45) is 0 Å². The quantitative estimate of drug-likeness (QED) is 0.892. The third-order valence-electron chi connectivity index (χ3n) is 3.86. The predicted octanol–water partition coefficient (Wildman–Crippen LogP) is 1.16. The lowest BCUT2D eigenvalue weighted by molar-refractivity contribution is -0.118. The zero-order valence-electron chi connectivity index (χ0n) is 12.9. The maximum absolute atomic E-state index is 12.3. The predicted molar refractivity (Wildman–Crippen MR) is 86.3 cm³/mol. The number of sulfone groups is 1. The van der Waals surface area contributed by atoms with Gasteiger partial charge in [-0.1, -0.05) is 0 Å². The van der Waals surface area contributed by atoms with Gasteiger partial charge in [-0.2, -0.15) is 0 Å². The van der Waals surface area contributed by atoms with Crippen LogP contribution in [-0.4, -0.2) is 45.1 Å². The van der Waals surface area contributed by atoms with E-state index in [1.54, 1.807) is 6.08 Å². The van der Waals surface area contributed by atoms with Crippen LogP contribution in [0.15, 0.2) is 23.8 Å². The van der Waals surface area contributed by atoms with Crippen LogP contribution in [0.25, 0.3) is 6.08 Å². The molecule has 124 valence electrons. The van der Waals surface area contributed by atoms with Gasteiger partial charge in [0.05, 0.1) is 23.7 Å². The summed E-state index contributed by atoms with van der Waals surface area (Å²) in [5, 5.41) is 2.78. The molecule has 2 aliphatic heterocycles. The Morgan fingerprint density at radius 2 is 2.26 bits per heavy atom. The van der Waals surface area contributed by atoms with Crippen LogP contribution in [0.4, 0.5) is 0 Å². The van der Waals surface area contributed by atoms with E-state index in [-0.39, 0.29) is 30.1 Å². The molecule has 0 aromatic heterocycles. The van der Waals surface area contributed by atoms with Gasteiger partial charge in [0.1, 0.15) is 18.1 Å². The zero-order valence-corrected chi connectivity index (χ0v) is 13.7. The standard InChI is InChI=1S/C16H19NO5S/c1-2-21-14-3-4-15-11(8-14)7-12(9-22-15)16(18)17-13-5-6-23(19,20)10-13/h3-4,7-8,13H,2,5-6,9-10H2,1H3,(H,17,18)/t13-/m1/s1. The molecule has 0 aliphatic carbocycles. The molecule has 0 spiro atoms. The van der Waals surface area contributed by atoms with Gasteiger partial charge in [0.25, 0.3) is 5.91 Å². The third-order valence-corrected chi connectivity index (χ3v) is 5.63. The molecule has 7 heteroatoms. The number of hydrogen-bond acceptors (Lipinski definition) is 5. The summed E-state index contributed by atoms with van der Waals surface area (Å²) >= 11 is 0. The molecule has 1 N–H and O–H groups in total. The second-order valence-corrected chi connectivity index (χ2v) is 7.89.